The lowest BCUT2D eigenvalue weighted by molar-refractivity contribution is -0.137. The van der Waals surface area contributed by atoms with Gasteiger partial charge in [-0.05, 0) is 6.42 Å². The van der Waals surface area contributed by atoms with Crippen LogP contribution in [0.4, 0.5) is 4.79 Å². The molecule has 0 aliphatic rings. The first kappa shape index (κ1) is 16.5. The Balaban J connectivity index is 2.31. The highest BCUT2D eigenvalue weighted by molar-refractivity contribution is 5.86. The van der Waals surface area contributed by atoms with Gasteiger partial charge in [0.1, 0.15) is 6.54 Å². The first-order valence-electron chi connectivity index (χ1n) is 6.44. The molecule has 1 rings (SSSR count). The molecule has 0 aliphatic heterocycles. The van der Waals surface area contributed by atoms with Crippen molar-refractivity contribution in [3.05, 3.63) is 17.5 Å². The molecule has 0 aromatic carbocycles. The lowest BCUT2D eigenvalue weighted by Crippen LogP contribution is -2.42. The van der Waals surface area contributed by atoms with E-state index in [2.05, 4.69) is 21.0 Å². The number of aromatic nitrogens is 2. The number of urea groups is 1. The molecule has 0 saturated heterocycles. The second kappa shape index (κ2) is 7.88. The van der Waals surface area contributed by atoms with Gasteiger partial charge in [-0.1, -0.05) is 6.92 Å². The first-order valence-corrected chi connectivity index (χ1v) is 6.44. The topological polar surface area (TPSA) is 125 Å². The van der Waals surface area contributed by atoms with Crippen molar-refractivity contribution in [2.75, 3.05) is 13.1 Å². The third-order valence-corrected chi connectivity index (χ3v) is 2.61. The van der Waals surface area contributed by atoms with Crippen LogP contribution < -0.4 is 16.0 Å². The van der Waals surface area contributed by atoms with Gasteiger partial charge in [0.2, 0.25) is 5.91 Å². The van der Waals surface area contributed by atoms with Crippen LogP contribution >= 0.6 is 0 Å². The Morgan fingerprint density at radius 2 is 1.95 bits per heavy atom. The molecule has 0 aliphatic carbocycles. The molecule has 0 radical (unpaired) electrons. The maximum Gasteiger partial charge on any atom is 0.322 e. The highest BCUT2D eigenvalue weighted by Crippen LogP contribution is 2.06. The van der Waals surface area contributed by atoms with Gasteiger partial charge in [-0.3, -0.25) is 14.3 Å². The van der Waals surface area contributed by atoms with E-state index in [1.165, 1.54) is 0 Å². The van der Waals surface area contributed by atoms with E-state index in [0.29, 0.717) is 6.54 Å². The van der Waals surface area contributed by atoms with Crippen LogP contribution in [0.3, 0.4) is 0 Å². The van der Waals surface area contributed by atoms with Crippen LogP contribution in [0.25, 0.3) is 0 Å². The molecular weight excluding hydrogens is 278 g/mol. The summed E-state index contributed by atoms with van der Waals surface area (Å²) in [4.78, 5) is 33.0. The number of carboxylic acid groups (broad SMARTS) is 1. The number of carbonyl (C=O) groups is 3. The van der Waals surface area contributed by atoms with E-state index in [9.17, 15) is 14.4 Å². The summed E-state index contributed by atoms with van der Waals surface area (Å²) in [7, 11) is 1.80. The van der Waals surface area contributed by atoms with Crippen LogP contribution in [0.15, 0.2) is 6.20 Å². The lowest BCUT2D eigenvalue weighted by Gasteiger charge is -2.07. The van der Waals surface area contributed by atoms with E-state index in [0.717, 1.165) is 17.7 Å². The molecule has 0 spiro atoms. The molecule has 1 heterocycles. The van der Waals surface area contributed by atoms with Gasteiger partial charge in [-0.25, -0.2) is 4.79 Å². The zero-order valence-electron chi connectivity index (χ0n) is 12.0. The monoisotopic (exact) mass is 297 g/mol. The van der Waals surface area contributed by atoms with Gasteiger partial charge in [-0.2, -0.15) is 5.10 Å². The summed E-state index contributed by atoms with van der Waals surface area (Å²) in [5, 5.41) is 19.7. The minimum Gasteiger partial charge on any atom is -0.480 e. The third-order valence-electron chi connectivity index (χ3n) is 2.61. The van der Waals surface area contributed by atoms with Gasteiger partial charge < -0.3 is 21.1 Å². The summed E-state index contributed by atoms with van der Waals surface area (Å²) >= 11 is 0. The Morgan fingerprint density at radius 3 is 2.57 bits per heavy atom. The van der Waals surface area contributed by atoms with Crippen molar-refractivity contribution in [1.82, 2.24) is 25.7 Å². The molecule has 1 aromatic rings. The molecule has 9 heteroatoms. The average molecular weight is 297 g/mol. The van der Waals surface area contributed by atoms with Gasteiger partial charge in [0, 0.05) is 25.4 Å². The number of hydrogen-bond donors (Lipinski definition) is 4. The molecule has 4 N–H and O–H groups in total. The number of carboxylic acids is 1. The second-order valence-corrected chi connectivity index (χ2v) is 4.33. The minimum atomic E-state index is -1.14. The molecule has 1 aromatic heterocycles. The Morgan fingerprint density at radius 1 is 1.24 bits per heavy atom. The maximum absolute atomic E-state index is 11.5. The summed E-state index contributed by atoms with van der Waals surface area (Å²) < 4.78 is 1.67. The van der Waals surface area contributed by atoms with Crippen LogP contribution in [0, 0.1) is 0 Å². The van der Waals surface area contributed by atoms with Crippen molar-refractivity contribution >= 4 is 17.9 Å². The Labute approximate surface area is 121 Å². The van der Waals surface area contributed by atoms with Crippen molar-refractivity contribution in [3.63, 3.8) is 0 Å². The number of hydrogen-bond acceptors (Lipinski definition) is 4. The summed E-state index contributed by atoms with van der Waals surface area (Å²) in [6.07, 6.45) is 2.58. The van der Waals surface area contributed by atoms with Gasteiger partial charge in [0.05, 0.1) is 12.2 Å². The predicted octanol–water partition coefficient (Wildman–Crippen LogP) is -1.02. The molecule has 116 valence electrons. The Kier molecular flexibility index (Phi) is 6.18. The molecule has 0 atom stereocenters. The first-order chi connectivity index (χ1) is 9.92. The van der Waals surface area contributed by atoms with Crippen molar-refractivity contribution < 1.29 is 19.5 Å². The van der Waals surface area contributed by atoms with Gasteiger partial charge >= 0.3 is 12.0 Å². The fourth-order valence-corrected chi connectivity index (χ4v) is 1.66. The molecule has 3 amide bonds. The van der Waals surface area contributed by atoms with Gasteiger partial charge in [0.15, 0.2) is 0 Å². The van der Waals surface area contributed by atoms with E-state index in [1.54, 1.807) is 11.7 Å². The maximum atomic E-state index is 11.5. The van der Waals surface area contributed by atoms with E-state index < -0.39 is 24.5 Å². The number of aryl methyl sites for hydroxylation is 2. The molecule has 9 nitrogen and oxygen atoms in total. The Bertz CT molecular complexity index is 526. The number of nitrogens with one attached hydrogen (secondary N) is 3. The van der Waals surface area contributed by atoms with Crippen LogP contribution in [0.1, 0.15) is 18.2 Å². The van der Waals surface area contributed by atoms with Crippen LogP contribution in [0.5, 0.6) is 0 Å². The van der Waals surface area contributed by atoms with Crippen molar-refractivity contribution in [2.24, 2.45) is 7.05 Å². The zero-order valence-corrected chi connectivity index (χ0v) is 12.0. The second-order valence-electron chi connectivity index (χ2n) is 4.33. The van der Waals surface area contributed by atoms with Crippen LogP contribution in [-0.2, 0) is 29.6 Å². The summed E-state index contributed by atoms with van der Waals surface area (Å²) in [6.45, 7) is 1.52. The van der Waals surface area contributed by atoms with Crippen molar-refractivity contribution in [3.8, 4) is 0 Å². The minimum absolute atomic E-state index is 0.285. The molecular formula is C12H19N5O4. The molecule has 0 bridgehead atoms. The van der Waals surface area contributed by atoms with Gasteiger partial charge in [-0.15, -0.1) is 0 Å². The third kappa shape index (κ3) is 5.93. The normalized spacial score (nSPS) is 10.0. The fraction of sp³-hybridized carbons (Fsp3) is 0.500. The van der Waals surface area contributed by atoms with Crippen molar-refractivity contribution in [1.29, 1.82) is 0 Å². The van der Waals surface area contributed by atoms with Gasteiger partial charge in [0.25, 0.3) is 0 Å². The van der Waals surface area contributed by atoms with E-state index >= 15 is 0 Å². The number of nitrogens with zero attached hydrogens (tertiary/aromatic N) is 2. The number of aliphatic carboxylic acids is 1. The highest BCUT2D eigenvalue weighted by Gasteiger charge is 2.09. The standard InChI is InChI=1S/C12H19N5O4/c1-3-9-8(7-17(2)16-9)4-14-12(21)15-5-10(18)13-6-11(19)20/h7H,3-6H2,1-2H3,(H,13,18)(H,19,20)(H2,14,15,21). The van der Waals surface area contributed by atoms with E-state index in [1.807, 2.05) is 13.1 Å². The van der Waals surface area contributed by atoms with Crippen LogP contribution in [-0.4, -0.2) is 45.9 Å². The smallest absolute Gasteiger partial charge is 0.322 e. The number of carbonyl (C=O) groups excluding carboxylic acids is 2. The quantitative estimate of drug-likeness (QED) is 0.513. The van der Waals surface area contributed by atoms with Crippen molar-refractivity contribution in [2.45, 2.75) is 19.9 Å². The largest absolute Gasteiger partial charge is 0.480 e. The number of amides is 3. The lowest BCUT2D eigenvalue weighted by atomic mass is 10.2. The SMILES string of the molecule is CCc1nn(C)cc1CNC(=O)NCC(=O)NCC(=O)O. The Hall–Kier alpha value is -2.58. The summed E-state index contributed by atoms with van der Waals surface area (Å²) in [5.74, 6) is -1.71. The molecule has 0 unspecified atom stereocenters. The van der Waals surface area contributed by atoms with E-state index in [-0.39, 0.29) is 6.54 Å². The predicted molar refractivity (Wildman–Crippen MR) is 73.5 cm³/mol. The number of rotatable bonds is 7. The summed E-state index contributed by atoms with van der Waals surface area (Å²) in [6, 6.07) is -0.508. The molecule has 21 heavy (non-hydrogen) atoms. The average Bonchev–Trinajstić information content (AvgIpc) is 2.80. The highest BCUT2D eigenvalue weighted by atomic mass is 16.4. The molecule has 0 saturated carbocycles. The zero-order chi connectivity index (χ0) is 15.8. The molecule has 0 fully saturated rings. The van der Waals surface area contributed by atoms with Crippen LogP contribution in [0.2, 0.25) is 0 Å². The fourth-order valence-electron chi connectivity index (χ4n) is 1.66. The summed E-state index contributed by atoms with van der Waals surface area (Å²) in [5.41, 5.74) is 1.81. The van der Waals surface area contributed by atoms with E-state index in [4.69, 9.17) is 5.11 Å².